The number of nitrogens with one attached hydrogen (secondary N) is 2. The summed E-state index contributed by atoms with van der Waals surface area (Å²) >= 11 is 9.64. The van der Waals surface area contributed by atoms with Crippen molar-refractivity contribution < 1.29 is 39.1 Å². The minimum Gasteiger partial charge on any atom is -0.741 e. The van der Waals surface area contributed by atoms with E-state index >= 15 is 0 Å². The first kappa shape index (κ1) is 33.2. The topological polar surface area (TPSA) is 186 Å². The molecule has 0 fully saturated rings. The number of furan rings is 2. The van der Waals surface area contributed by atoms with Crippen molar-refractivity contribution in [1.29, 1.82) is 0 Å². The SMILES string of the molecule is CCN=C([S-])N/N=C/C=C/c1ccc([N+](=O)[O-])o1.CCN=C([S-])N/N=C/C=C/c1ccc([N+](=O)[O-])o1.[Pd+2]. The first-order valence-corrected chi connectivity index (χ1v) is 10.9. The molecule has 2 N–H and O–H groups in total. The predicted octanol–water partition coefficient (Wildman–Crippen LogP) is 3.40. The van der Waals surface area contributed by atoms with Crippen molar-refractivity contribution in [3.63, 3.8) is 0 Å². The molecule has 0 aromatic carbocycles. The van der Waals surface area contributed by atoms with Crippen molar-refractivity contribution in [2.45, 2.75) is 13.8 Å². The summed E-state index contributed by atoms with van der Waals surface area (Å²) in [7, 11) is 0. The Morgan fingerprint density at radius 1 is 0.838 bits per heavy atom. The van der Waals surface area contributed by atoms with Gasteiger partial charge in [0, 0.05) is 25.5 Å². The van der Waals surface area contributed by atoms with Gasteiger partial charge in [0.05, 0.1) is 12.1 Å². The van der Waals surface area contributed by atoms with Crippen molar-refractivity contribution in [2.24, 2.45) is 20.2 Å². The standard InChI is InChI=1S/2C10H12N4O3S.Pd/c2*1-2-11-10(18)13-12-7-3-4-8-5-6-9(17-8)14(15)16;/h2*3-7H,2H2,1H3,(H2,11,13,18);/q;;+2/p-2/b2*4-3+,12-7+;. The number of aliphatic imine (C=N–C) groups is 2. The third kappa shape index (κ3) is 15.0. The number of nitrogens with zero attached hydrogens (tertiary/aromatic N) is 6. The number of amidine groups is 2. The molecule has 0 aliphatic carbocycles. The Labute approximate surface area is 236 Å². The van der Waals surface area contributed by atoms with Crippen molar-refractivity contribution >= 4 is 71.9 Å². The summed E-state index contributed by atoms with van der Waals surface area (Å²) in [4.78, 5) is 27.3. The number of allylic oxidation sites excluding steroid dienone is 2. The molecule has 37 heavy (non-hydrogen) atoms. The van der Waals surface area contributed by atoms with Crippen LogP contribution in [0.1, 0.15) is 25.4 Å². The van der Waals surface area contributed by atoms with Crippen LogP contribution in [0.5, 0.6) is 0 Å². The van der Waals surface area contributed by atoms with Gasteiger partial charge in [-0.25, -0.2) is 0 Å². The average Bonchev–Trinajstić information content (AvgIpc) is 3.50. The second kappa shape index (κ2) is 19.4. The quantitative estimate of drug-likeness (QED) is 0.0973. The van der Waals surface area contributed by atoms with Gasteiger partial charge in [-0.2, -0.15) is 10.2 Å². The summed E-state index contributed by atoms with van der Waals surface area (Å²) in [6, 6.07) is 5.55. The first-order chi connectivity index (χ1) is 17.3. The third-order valence-electron chi connectivity index (χ3n) is 3.35. The van der Waals surface area contributed by atoms with Gasteiger partial charge in [-0.1, -0.05) is 0 Å². The summed E-state index contributed by atoms with van der Waals surface area (Å²) in [6.07, 6.45) is 9.07. The van der Waals surface area contributed by atoms with Crippen LogP contribution >= 0.6 is 0 Å². The van der Waals surface area contributed by atoms with E-state index in [1.165, 1.54) is 48.8 Å². The normalized spacial score (nSPS) is 12.1. The Bertz CT molecular complexity index is 1080. The number of hydrogen-bond donors (Lipinski definition) is 2. The monoisotopic (exact) mass is 640 g/mol. The molecule has 0 unspecified atom stereocenters. The fourth-order valence-electron chi connectivity index (χ4n) is 1.96. The molecule has 2 aromatic rings. The van der Waals surface area contributed by atoms with Crippen LogP contribution in [-0.4, -0.2) is 45.7 Å². The number of hydrogen-bond acceptors (Lipinski definition) is 12. The zero-order chi connectivity index (χ0) is 26.8. The van der Waals surface area contributed by atoms with Gasteiger partial charge in [0.15, 0.2) is 0 Å². The van der Waals surface area contributed by atoms with Gasteiger partial charge < -0.3 is 34.1 Å². The molecule has 200 valence electrons. The second-order valence-electron chi connectivity index (χ2n) is 5.92. The average molecular weight is 641 g/mol. The summed E-state index contributed by atoms with van der Waals surface area (Å²) in [5.41, 5.74) is 5.07. The Morgan fingerprint density at radius 3 is 1.51 bits per heavy atom. The second-order valence-corrected chi connectivity index (χ2v) is 6.70. The van der Waals surface area contributed by atoms with E-state index in [1.807, 2.05) is 13.8 Å². The van der Waals surface area contributed by atoms with E-state index in [0.717, 1.165) is 0 Å². The van der Waals surface area contributed by atoms with Crippen molar-refractivity contribution in [2.75, 3.05) is 13.1 Å². The van der Waals surface area contributed by atoms with Gasteiger partial charge in [-0.05, 0) is 60.6 Å². The molecule has 2 heterocycles. The van der Waals surface area contributed by atoms with Gasteiger partial charge >= 0.3 is 32.2 Å². The van der Waals surface area contributed by atoms with E-state index in [9.17, 15) is 20.2 Å². The van der Waals surface area contributed by atoms with Crippen molar-refractivity contribution in [3.8, 4) is 0 Å². The van der Waals surface area contributed by atoms with E-state index in [4.69, 9.17) is 34.1 Å². The Kier molecular flexibility index (Phi) is 17.4. The fraction of sp³-hybridized carbons (Fsp3) is 0.200. The molecule has 14 nitrogen and oxygen atoms in total. The predicted molar refractivity (Wildman–Crippen MR) is 143 cm³/mol. The van der Waals surface area contributed by atoms with E-state index < -0.39 is 9.85 Å². The zero-order valence-corrected chi connectivity index (χ0v) is 22.6. The number of hydrazone groups is 2. The molecule has 2 aromatic heterocycles. The molecular weight excluding hydrogens is 619 g/mol. The molecule has 17 heteroatoms. The van der Waals surface area contributed by atoms with Crippen LogP contribution in [0.4, 0.5) is 11.8 Å². The van der Waals surface area contributed by atoms with Crippen LogP contribution in [-0.2, 0) is 45.7 Å². The van der Waals surface area contributed by atoms with Gasteiger partial charge in [-0.3, -0.25) is 41.1 Å². The summed E-state index contributed by atoms with van der Waals surface area (Å²) < 4.78 is 9.80. The Morgan fingerprint density at radius 2 is 1.22 bits per heavy atom. The molecule has 0 saturated carbocycles. The fourth-order valence-corrected chi connectivity index (χ4v) is 2.33. The molecule has 0 aliphatic rings. The Hall–Kier alpha value is -3.78. The summed E-state index contributed by atoms with van der Waals surface area (Å²) in [5, 5.41) is 28.9. The molecule has 0 bridgehead atoms. The summed E-state index contributed by atoms with van der Waals surface area (Å²) in [5.74, 6) is 0.142. The molecular formula is C20H22N8O6PdS2. The number of nitro groups is 2. The molecule has 2 rings (SSSR count). The maximum atomic E-state index is 10.4. The van der Waals surface area contributed by atoms with Crippen molar-refractivity contribution in [3.05, 3.63) is 68.2 Å². The zero-order valence-electron chi connectivity index (χ0n) is 19.5. The minimum atomic E-state index is -0.600. The number of rotatable bonds is 10. The van der Waals surface area contributed by atoms with Gasteiger partial charge in [0.2, 0.25) is 0 Å². The maximum absolute atomic E-state index is 10.4. The smallest absolute Gasteiger partial charge is 0.741 e. The van der Waals surface area contributed by atoms with Crippen LogP contribution in [0.15, 0.2) is 65.4 Å². The van der Waals surface area contributed by atoms with Crippen LogP contribution in [0, 0.1) is 20.2 Å². The van der Waals surface area contributed by atoms with Crippen LogP contribution in [0.2, 0.25) is 0 Å². The molecule has 0 atom stereocenters. The third-order valence-corrected chi connectivity index (χ3v) is 3.79. The van der Waals surface area contributed by atoms with Crippen molar-refractivity contribution in [1.82, 2.24) is 10.9 Å². The van der Waals surface area contributed by atoms with Gasteiger partial charge in [0.1, 0.15) is 21.4 Å². The molecule has 0 spiro atoms. The van der Waals surface area contributed by atoms with Crippen LogP contribution in [0.3, 0.4) is 0 Å². The molecule has 0 radical (unpaired) electrons. The van der Waals surface area contributed by atoms with Gasteiger partial charge in [-0.15, -0.1) is 0 Å². The van der Waals surface area contributed by atoms with Crippen LogP contribution in [0.25, 0.3) is 12.2 Å². The van der Waals surface area contributed by atoms with Gasteiger partial charge in [0.25, 0.3) is 0 Å². The largest absolute Gasteiger partial charge is 2.00 e. The maximum Gasteiger partial charge on any atom is 2.00 e. The van der Waals surface area contributed by atoms with E-state index in [1.54, 1.807) is 12.2 Å². The molecule has 0 amide bonds. The molecule has 0 saturated heterocycles. The summed E-state index contributed by atoms with van der Waals surface area (Å²) in [6.45, 7) is 4.91. The minimum absolute atomic E-state index is 0. The van der Waals surface area contributed by atoms with E-state index in [0.29, 0.717) is 34.9 Å². The van der Waals surface area contributed by atoms with Crippen LogP contribution < -0.4 is 10.9 Å². The van der Waals surface area contributed by atoms with E-state index in [-0.39, 0.29) is 32.2 Å². The molecule has 0 aliphatic heterocycles. The van der Waals surface area contributed by atoms with E-state index in [2.05, 4.69) is 31.0 Å². The first-order valence-electron chi connectivity index (χ1n) is 10.1. The Balaban J connectivity index is 0.000000682.